The van der Waals surface area contributed by atoms with E-state index in [0.717, 1.165) is 6.92 Å². The number of esters is 1. The van der Waals surface area contributed by atoms with E-state index in [0.29, 0.717) is 6.08 Å². The standard InChI is InChI=1S/C8H8F6O4/c1-2-5(18-8(12,13)14)6(15)16-3-4-17-7(9,10)11/h2H,3-4H2,1H3/b5-2-. The van der Waals surface area contributed by atoms with Gasteiger partial charge >= 0.3 is 18.7 Å². The zero-order valence-electron chi connectivity index (χ0n) is 8.89. The molecule has 0 radical (unpaired) electrons. The second kappa shape index (κ2) is 6.47. The van der Waals surface area contributed by atoms with Crippen molar-refractivity contribution in [2.45, 2.75) is 19.6 Å². The molecule has 0 fully saturated rings. The van der Waals surface area contributed by atoms with Crippen LogP contribution in [0, 0.1) is 0 Å². The zero-order valence-corrected chi connectivity index (χ0v) is 8.89. The van der Waals surface area contributed by atoms with Crippen LogP contribution in [0.2, 0.25) is 0 Å². The molecule has 0 aromatic heterocycles. The average Bonchev–Trinajstić information content (AvgIpc) is 2.18. The number of carbonyl (C=O) groups excluding carboxylic acids is 1. The van der Waals surface area contributed by atoms with Gasteiger partial charge in [-0.25, -0.2) is 4.79 Å². The van der Waals surface area contributed by atoms with Gasteiger partial charge in [-0.2, -0.15) is 0 Å². The van der Waals surface area contributed by atoms with E-state index in [4.69, 9.17) is 0 Å². The van der Waals surface area contributed by atoms with Gasteiger partial charge in [0, 0.05) is 0 Å². The van der Waals surface area contributed by atoms with Crippen molar-refractivity contribution in [2.24, 2.45) is 0 Å². The van der Waals surface area contributed by atoms with Gasteiger partial charge in [-0.15, -0.1) is 26.3 Å². The summed E-state index contributed by atoms with van der Waals surface area (Å²) in [5, 5.41) is 0. The van der Waals surface area contributed by atoms with Gasteiger partial charge in [-0.3, -0.25) is 4.74 Å². The monoisotopic (exact) mass is 282 g/mol. The molecule has 0 aliphatic carbocycles. The molecule has 4 nitrogen and oxygen atoms in total. The molecule has 0 amide bonds. The van der Waals surface area contributed by atoms with Crippen molar-refractivity contribution in [1.82, 2.24) is 0 Å². The molecule has 0 saturated heterocycles. The van der Waals surface area contributed by atoms with Crippen LogP contribution in [0.1, 0.15) is 6.92 Å². The van der Waals surface area contributed by atoms with Crippen LogP contribution in [0.3, 0.4) is 0 Å². The third-order valence-electron chi connectivity index (χ3n) is 1.27. The van der Waals surface area contributed by atoms with Crippen LogP contribution in [0.25, 0.3) is 0 Å². The van der Waals surface area contributed by atoms with E-state index in [1.54, 1.807) is 0 Å². The fraction of sp³-hybridized carbons (Fsp3) is 0.625. The van der Waals surface area contributed by atoms with Crippen molar-refractivity contribution in [3.05, 3.63) is 11.8 Å². The summed E-state index contributed by atoms with van der Waals surface area (Å²) in [5.41, 5.74) is 0. The lowest BCUT2D eigenvalue weighted by molar-refractivity contribution is -0.326. The van der Waals surface area contributed by atoms with E-state index >= 15 is 0 Å². The largest absolute Gasteiger partial charge is 0.573 e. The predicted molar refractivity (Wildman–Crippen MR) is 43.9 cm³/mol. The number of hydrogen-bond acceptors (Lipinski definition) is 4. The van der Waals surface area contributed by atoms with Crippen molar-refractivity contribution in [3.63, 3.8) is 0 Å². The Labute approximate surface area is 97.1 Å². The number of allylic oxidation sites excluding steroid dienone is 1. The SMILES string of the molecule is C/C=C(\OC(F)(F)F)C(=O)OCCOC(F)(F)F. The highest BCUT2D eigenvalue weighted by atomic mass is 19.4. The molecule has 0 atom stereocenters. The van der Waals surface area contributed by atoms with Crippen LogP contribution in [0.15, 0.2) is 11.8 Å². The number of alkyl halides is 6. The van der Waals surface area contributed by atoms with Crippen molar-refractivity contribution < 1.29 is 45.3 Å². The molecule has 0 saturated carbocycles. The van der Waals surface area contributed by atoms with Crippen LogP contribution in [-0.2, 0) is 19.0 Å². The molecule has 10 heteroatoms. The smallest absolute Gasteiger partial charge is 0.457 e. The molecule has 0 unspecified atom stereocenters. The van der Waals surface area contributed by atoms with E-state index in [2.05, 4.69) is 14.2 Å². The second-order valence-corrected chi connectivity index (χ2v) is 2.63. The normalized spacial score (nSPS) is 13.4. The number of carbonyl (C=O) groups is 1. The summed E-state index contributed by atoms with van der Waals surface area (Å²) in [6, 6.07) is 0. The summed E-state index contributed by atoms with van der Waals surface area (Å²) in [5.74, 6) is -2.71. The lowest BCUT2D eigenvalue weighted by Gasteiger charge is -2.12. The van der Waals surface area contributed by atoms with Crippen LogP contribution >= 0.6 is 0 Å². The Morgan fingerprint density at radius 3 is 2.00 bits per heavy atom. The highest BCUT2D eigenvalue weighted by Crippen LogP contribution is 2.21. The molecule has 0 bridgehead atoms. The molecule has 106 valence electrons. The minimum absolute atomic E-state index is 0.667. The van der Waals surface area contributed by atoms with Crippen LogP contribution in [0.5, 0.6) is 0 Å². The summed E-state index contributed by atoms with van der Waals surface area (Å²) in [6.45, 7) is -0.830. The molecule has 0 rings (SSSR count). The molecular formula is C8H8F6O4. The van der Waals surface area contributed by atoms with Gasteiger partial charge in [0.05, 0.1) is 6.61 Å². The number of rotatable bonds is 5. The van der Waals surface area contributed by atoms with Gasteiger partial charge in [0.2, 0.25) is 5.76 Å². The number of hydrogen-bond donors (Lipinski definition) is 0. The van der Waals surface area contributed by atoms with Gasteiger partial charge in [0.25, 0.3) is 0 Å². The average molecular weight is 282 g/mol. The van der Waals surface area contributed by atoms with E-state index in [-0.39, 0.29) is 0 Å². The molecule has 0 aromatic carbocycles. The first-order valence-corrected chi connectivity index (χ1v) is 4.35. The molecular weight excluding hydrogens is 274 g/mol. The first kappa shape index (κ1) is 16.6. The fourth-order valence-electron chi connectivity index (χ4n) is 0.706. The first-order chi connectivity index (χ1) is 8.05. The van der Waals surface area contributed by atoms with Crippen LogP contribution in [-0.4, -0.2) is 31.9 Å². The maximum absolute atomic E-state index is 11.8. The predicted octanol–water partition coefficient (Wildman–Crippen LogP) is 2.51. The molecule has 0 aliphatic rings. The Morgan fingerprint density at radius 1 is 1.06 bits per heavy atom. The highest BCUT2D eigenvalue weighted by Gasteiger charge is 2.34. The van der Waals surface area contributed by atoms with Crippen molar-refractivity contribution in [2.75, 3.05) is 13.2 Å². The summed E-state index contributed by atoms with van der Waals surface area (Å²) < 4.78 is 80.3. The van der Waals surface area contributed by atoms with Gasteiger partial charge in [-0.1, -0.05) is 0 Å². The second-order valence-electron chi connectivity index (χ2n) is 2.63. The van der Waals surface area contributed by atoms with Crippen molar-refractivity contribution in [3.8, 4) is 0 Å². The third-order valence-corrected chi connectivity index (χ3v) is 1.27. The van der Waals surface area contributed by atoms with Crippen molar-refractivity contribution >= 4 is 5.97 Å². The van der Waals surface area contributed by atoms with E-state index in [1.165, 1.54) is 0 Å². The van der Waals surface area contributed by atoms with E-state index in [1.807, 2.05) is 0 Å². The number of ether oxygens (including phenoxy) is 3. The van der Waals surface area contributed by atoms with Crippen molar-refractivity contribution in [1.29, 1.82) is 0 Å². The minimum Gasteiger partial charge on any atom is -0.457 e. The van der Waals surface area contributed by atoms with E-state index in [9.17, 15) is 31.1 Å². The Kier molecular flexibility index (Phi) is 5.95. The lowest BCUT2D eigenvalue weighted by Crippen LogP contribution is -2.22. The summed E-state index contributed by atoms with van der Waals surface area (Å²) in [4.78, 5) is 10.9. The number of halogens is 6. The zero-order chi connectivity index (χ0) is 14.4. The fourth-order valence-corrected chi connectivity index (χ4v) is 0.706. The van der Waals surface area contributed by atoms with Crippen LogP contribution < -0.4 is 0 Å². The molecule has 18 heavy (non-hydrogen) atoms. The highest BCUT2D eigenvalue weighted by molar-refractivity contribution is 5.86. The Hall–Kier alpha value is -1.45. The van der Waals surface area contributed by atoms with Gasteiger partial charge in [0.15, 0.2) is 0 Å². The topological polar surface area (TPSA) is 44.8 Å². The Morgan fingerprint density at radius 2 is 1.61 bits per heavy atom. The lowest BCUT2D eigenvalue weighted by atomic mass is 10.5. The molecule has 0 heterocycles. The van der Waals surface area contributed by atoms with Crippen LogP contribution in [0.4, 0.5) is 26.3 Å². The van der Waals surface area contributed by atoms with Gasteiger partial charge < -0.3 is 9.47 Å². The molecule has 0 aromatic rings. The Bertz CT molecular complexity index is 306. The quantitative estimate of drug-likeness (QED) is 0.255. The minimum atomic E-state index is -5.09. The molecule has 0 aliphatic heterocycles. The summed E-state index contributed by atoms with van der Waals surface area (Å²) >= 11 is 0. The maximum Gasteiger partial charge on any atom is 0.573 e. The molecule has 0 N–H and O–H groups in total. The first-order valence-electron chi connectivity index (χ1n) is 4.35. The third kappa shape index (κ3) is 8.67. The Balaban J connectivity index is 4.08. The van der Waals surface area contributed by atoms with Gasteiger partial charge in [0.1, 0.15) is 6.61 Å². The maximum atomic E-state index is 11.8. The van der Waals surface area contributed by atoms with E-state index < -0.39 is 37.7 Å². The van der Waals surface area contributed by atoms with Gasteiger partial charge in [-0.05, 0) is 13.0 Å². The summed E-state index contributed by atoms with van der Waals surface area (Å²) in [7, 11) is 0. The molecule has 0 spiro atoms. The summed E-state index contributed by atoms with van der Waals surface area (Å²) in [6.07, 6.45) is -9.33.